The Morgan fingerprint density at radius 3 is 2.02 bits per heavy atom. The number of benzene rings is 3. The zero-order chi connectivity index (χ0) is 32.3. The van der Waals surface area contributed by atoms with E-state index in [-0.39, 0.29) is 27.5 Å². The van der Waals surface area contributed by atoms with Gasteiger partial charge >= 0.3 is 6.18 Å². The Labute approximate surface area is 263 Å². The van der Waals surface area contributed by atoms with Gasteiger partial charge in [-0.2, -0.15) is 13.2 Å². The maximum Gasteiger partial charge on any atom is 0.417 e. The Morgan fingerprint density at radius 2 is 1.49 bits per heavy atom. The van der Waals surface area contributed by atoms with Gasteiger partial charge in [-0.25, -0.2) is 8.42 Å². The van der Waals surface area contributed by atoms with E-state index in [0.29, 0.717) is 15.9 Å². The van der Waals surface area contributed by atoms with E-state index in [9.17, 15) is 31.2 Å². The van der Waals surface area contributed by atoms with Crippen LogP contribution in [0.4, 0.5) is 18.9 Å². The molecule has 0 radical (unpaired) electrons. The molecule has 43 heavy (non-hydrogen) atoms. The second kappa shape index (κ2) is 13.8. The summed E-state index contributed by atoms with van der Waals surface area (Å²) in [6, 6.07) is 11.3. The van der Waals surface area contributed by atoms with Crippen LogP contribution in [0.5, 0.6) is 0 Å². The van der Waals surface area contributed by atoms with Crippen LogP contribution in [0.25, 0.3) is 0 Å². The normalized spacial score (nSPS) is 12.6. The van der Waals surface area contributed by atoms with Crippen LogP contribution < -0.4 is 9.62 Å². The molecule has 0 aromatic heterocycles. The van der Waals surface area contributed by atoms with Crippen molar-refractivity contribution in [3.63, 3.8) is 0 Å². The first-order valence-corrected chi connectivity index (χ1v) is 15.5. The van der Waals surface area contributed by atoms with E-state index in [4.69, 9.17) is 34.8 Å². The molecule has 3 aromatic carbocycles. The standard InChI is InChI=1S/C29H29Cl3F3N3O4S/c1-17(2)36-28(40)19(4)37(15-22-24(30)6-5-7-25(22)31)27(39)16-38(43(41,42)21-11-8-18(3)9-12-21)20-10-13-26(32)23(14-20)29(33,34)35/h5-14,17,19H,15-16H2,1-4H3,(H,36,40)/t19-/m1/s1. The number of halogens is 6. The number of nitrogens with one attached hydrogen (secondary N) is 1. The molecule has 0 saturated carbocycles. The van der Waals surface area contributed by atoms with Crippen LogP contribution in [0.1, 0.15) is 37.5 Å². The number of alkyl halides is 3. The summed E-state index contributed by atoms with van der Waals surface area (Å²) in [7, 11) is -4.61. The highest BCUT2D eigenvalue weighted by Crippen LogP contribution is 2.38. The zero-order valence-corrected chi connectivity index (χ0v) is 26.6. The number of carbonyl (C=O) groups is 2. The summed E-state index contributed by atoms with van der Waals surface area (Å²) in [6.07, 6.45) is -4.91. The molecular weight excluding hydrogens is 650 g/mol. The van der Waals surface area contributed by atoms with E-state index in [1.54, 1.807) is 26.8 Å². The molecule has 3 aromatic rings. The van der Waals surface area contributed by atoms with Gasteiger partial charge in [0.25, 0.3) is 10.0 Å². The number of hydrogen-bond donors (Lipinski definition) is 1. The molecule has 1 atom stereocenters. The summed E-state index contributed by atoms with van der Waals surface area (Å²) in [4.78, 5) is 27.8. The highest BCUT2D eigenvalue weighted by molar-refractivity contribution is 7.92. The Morgan fingerprint density at radius 1 is 0.907 bits per heavy atom. The monoisotopic (exact) mass is 677 g/mol. The van der Waals surface area contributed by atoms with Crippen molar-refractivity contribution in [2.45, 2.75) is 57.4 Å². The topological polar surface area (TPSA) is 86.8 Å². The Bertz CT molecular complexity index is 1580. The number of aryl methyl sites for hydroxylation is 1. The molecule has 1 N–H and O–H groups in total. The van der Waals surface area contributed by atoms with E-state index in [2.05, 4.69) is 5.32 Å². The smallest absolute Gasteiger partial charge is 0.352 e. The zero-order valence-electron chi connectivity index (χ0n) is 23.5. The Hall–Kier alpha value is -2.99. The van der Waals surface area contributed by atoms with E-state index >= 15 is 0 Å². The van der Waals surface area contributed by atoms with Crippen molar-refractivity contribution < 1.29 is 31.2 Å². The molecule has 0 aliphatic carbocycles. The molecule has 0 spiro atoms. The maximum atomic E-state index is 14.0. The van der Waals surface area contributed by atoms with Gasteiger partial charge in [0.05, 0.1) is 21.2 Å². The largest absolute Gasteiger partial charge is 0.417 e. The van der Waals surface area contributed by atoms with Crippen LogP contribution in [0.3, 0.4) is 0 Å². The highest BCUT2D eigenvalue weighted by atomic mass is 35.5. The number of carbonyl (C=O) groups excluding carboxylic acids is 2. The summed E-state index contributed by atoms with van der Waals surface area (Å²) in [5, 5.41) is 2.44. The van der Waals surface area contributed by atoms with Crippen LogP contribution >= 0.6 is 34.8 Å². The van der Waals surface area contributed by atoms with Crippen molar-refractivity contribution in [1.82, 2.24) is 10.2 Å². The summed E-state index contributed by atoms with van der Waals surface area (Å²) in [5.41, 5.74) is -0.712. The minimum Gasteiger partial charge on any atom is -0.352 e. The van der Waals surface area contributed by atoms with Crippen molar-refractivity contribution in [3.8, 4) is 0 Å². The van der Waals surface area contributed by atoms with Gasteiger partial charge in [0, 0.05) is 28.2 Å². The maximum absolute atomic E-state index is 14.0. The molecule has 7 nitrogen and oxygen atoms in total. The molecule has 232 valence electrons. The molecule has 0 saturated heterocycles. The van der Waals surface area contributed by atoms with Gasteiger partial charge in [-0.05, 0) is 70.2 Å². The number of hydrogen-bond acceptors (Lipinski definition) is 4. The third-order valence-corrected chi connectivity index (χ3v) is 9.25. The SMILES string of the molecule is Cc1ccc(S(=O)(=O)N(CC(=O)N(Cc2c(Cl)cccc2Cl)[C@H](C)C(=O)NC(C)C)c2ccc(Cl)c(C(F)(F)F)c2)cc1. The van der Waals surface area contributed by atoms with E-state index in [0.717, 1.165) is 22.6 Å². The first-order chi connectivity index (χ1) is 19.9. The second-order valence-electron chi connectivity index (χ2n) is 10.0. The number of nitrogens with zero attached hydrogens (tertiary/aromatic N) is 2. The van der Waals surface area contributed by atoms with Crippen LogP contribution in [0.15, 0.2) is 65.6 Å². The van der Waals surface area contributed by atoms with E-state index in [1.807, 2.05) is 0 Å². The Kier molecular flexibility index (Phi) is 11.0. The second-order valence-corrected chi connectivity index (χ2v) is 13.1. The lowest BCUT2D eigenvalue weighted by atomic mass is 10.1. The number of amides is 2. The quantitative estimate of drug-likeness (QED) is 0.248. The highest BCUT2D eigenvalue weighted by Gasteiger charge is 2.37. The minimum absolute atomic E-state index is 0.193. The van der Waals surface area contributed by atoms with Gasteiger partial charge in [0.2, 0.25) is 11.8 Å². The predicted molar refractivity (Wildman–Crippen MR) is 162 cm³/mol. The van der Waals surface area contributed by atoms with Crippen molar-refractivity contribution >= 4 is 62.3 Å². The van der Waals surface area contributed by atoms with E-state index in [1.165, 1.54) is 43.3 Å². The molecule has 3 rings (SSSR count). The van der Waals surface area contributed by atoms with Crippen LogP contribution in [0, 0.1) is 6.92 Å². The fraction of sp³-hybridized carbons (Fsp3) is 0.310. The van der Waals surface area contributed by atoms with Gasteiger partial charge in [-0.15, -0.1) is 0 Å². The number of rotatable bonds is 10. The lowest BCUT2D eigenvalue weighted by Gasteiger charge is -2.33. The molecule has 0 aliphatic rings. The van der Waals surface area contributed by atoms with Gasteiger partial charge in [-0.3, -0.25) is 13.9 Å². The molecule has 0 heterocycles. The molecule has 14 heteroatoms. The molecular formula is C29H29Cl3F3N3O4S. The molecule has 0 aliphatic heterocycles. The van der Waals surface area contributed by atoms with Gasteiger partial charge in [0.15, 0.2) is 0 Å². The molecule has 0 unspecified atom stereocenters. The van der Waals surface area contributed by atoms with E-state index < -0.39 is 56.9 Å². The van der Waals surface area contributed by atoms with Crippen molar-refractivity contribution in [2.24, 2.45) is 0 Å². The van der Waals surface area contributed by atoms with Gasteiger partial charge in [0.1, 0.15) is 12.6 Å². The first-order valence-electron chi connectivity index (χ1n) is 12.9. The fourth-order valence-corrected chi connectivity index (χ4v) is 6.24. The average molecular weight is 679 g/mol. The van der Waals surface area contributed by atoms with Crippen LogP contribution in [-0.4, -0.2) is 43.8 Å². The van der Waals surface area contributed by atoms with Crippen molar-refractivity contribution in [2.75, 3.05) is 10.8 Å². The lowest BCUT2D eigenvalue weighted by molar-refractivity contribution is -0.139. The Balaban J connectivity index is 2.16. The molecule has 0 bridgehead atoms. The van der Waals surface area contributed by atoms with Crippen LogP contribution in [0.2, 0.25) is 15.1 Å². The molecule has 0 fully saturated rings. The van der Waals surface area contributed by atoms with Gasteiger partial charge in [-0.1, -0.05) is 58.6 Å². The van der Waals surface area contributed by atoms with Crippen molar-refractivity contribution in [3.05, 3.63) is 92.4 Å². The number of anilines is 1. The number of sulfonamides is 1. The van der Waals surface area contributed by atoms with Crippen LogP contribution in [-0.2, 0) is 32.3 Å². The first kappa shape index (κ1) is 34.5. The minimum atomic E-state index is -4.91. The summed E-state index contributed by atoms with van der Waals surface area (Å²) >= 11 is 18.5. The fourth-order valence-electron chi connectivity index (χ4n) is 4.09. The van der Waals surface area contributed by atoms with Gasteiger partial charge < -0.3 is 10.2 Å². The lowest BCUT2D eigenvalue weighted by Crippen LogP contribution is -2.52. The predicted octanol–water partition coefficient (Wildman–Crippen LogP) is 7.11. The van der Waals surface area contributed by atoms with Crippen molar-refractivity contribution in [1.29, 1.82) is 0 Å². The summed E-state index contributed by atoms with van der Waals surface area (Å²) in [6.45, 7) is 5.34. The average Bonchev–Trinajstić information content (AvgIpc) is 2.90. The third kappa shape index (κ3) is 8.35. The third-order valence-electron chi connectivity index (χ3n) is 6.42. The summed E-state index contributed by atoms with van der Waals surface area (Å²) in [5.74, 6) is -1.45. The molecule has 2 amide bonds. The summed E-state index contributed by atoms with van der Waals surface area (Å²) < 4.78 is 69.6.